The van der Waals surface area contributed by atoms with Crippen LogP contribution in [0.1, 0.15) is 5.56 Å². The molecule has 0 radical (unpaired) electrons. The van der Waals surface area contributed by atoms with E-state index in [1.165, 1.54) is 21.9 Å². The lowest BCUT2D eigenvalue weighted by molar-refractivity contribution is -0.121. The molecule has 176 valence electrons. The highest BCUT2D eigenvalue weighted by atomic mass is 16.3. The Morgan fingerprint density at radius 1 is 0.853 bits per heavy atom. The molecule has 4 amide bonds. The number of urea groups is 1. The number of phenolic OH excluding ortho intramolecular Hbond substituents is 1. The van der Waals surface area contributed by atoms with Crippen LogP contribution in [0, 0.1) is 0 Å². The topological polar surface area (TPSA) is 122 Å². The summed E-state index contributed by atoms with van der Waals surface area (Å²) < 4.78 is 0. The molecule has 0 saturated carbocycles. The number of aliphatic hydroxyl groups excluding tert-OH is 1. The van der Waals surface area contributed by atoms with Gasteiger partial charge in [-0.05, 0) is 42.0 Å². The lowest BCUT2D eigenvalue weighted by Gasteiger charge is -2.26. The van der Waals surface area contributed by atoms with E-state index >= 15 is 0 Å². The Morgan fingerprint density at radius 2 is 1.56 bits per heavy atom. The minimum Gasteiger partial charge on any atom is -0.508 e. The number of benzene rings is 3. The predicted molar refractivity (Wildman–Crippen MR) is 130 cm³/mol. The molecule has 9 nitrogen and oxygen atoms in total. The molecule has 0 spiro atoms. The summed E-state index contributed by atoms with van der Waals surface area (Å²) in [6.07, 6.45) is 0. The fourth-order valence-electron chi connectivity index (χ4n) is 3.20. The van der Waals surface area contributed by atoms with E-state index in [2.05, 4.69) is 10.6 Å². The van der Waals surface area contributed by atoms with E-state index in [1.54, 1.807) is 67.7 Å². The first-order chi connectivity index (χ1) is 16.4. The standard InChI is InChI=1S/C25H26N4O5/c1-28(20-9-3-2-4-10-20)24(33)16-29(21-11-6-12-22(31)14-21)23(32)15-26-25(34)27-19-8-5-7-18(13-19)17-30/h2-14,30-31H,15-17H2,1H3,(H2,26,27,34). The number of aromatic hydroxyl groups is 1. The van der Waals surface area contributed by atoms with Gasteiger partial charge in [0.05, 0.1) is 13.2 Å². The number of para-hydroxylation sites is 1. The molecular formula is C25H26N4O5. The summed E-state index contributed by atoms with van der Waals surface area (Å²) in [5.41, 5.74) is 2.07. The lowest BCUT2D eigenvalue weighted by Crippen LogP contribution is -2.46. The Labute approximate surface area is 197 Å². The molecule has 0 heterocycles. The van der Waals surface area contributed by atoms with Gasteiger partial charge in [-0.15, -0.1) is 0 Å². The zero-order valence-corrected chi connectivity index (χ0v) is 18.6. The number of nitrogens with one attached hydrogen (secondary N) is 2. The smallest absolute Gasteiger partial charge is 0.319 e. The number of carbonyl (C=O) groups excluding carboxylic acids is 3. The Hall–Kier alpha value is -4.37. The van der Waals surface area contributed by atoms with Crippen LogP contribution in [0.4, 0.5) is 21.9 Å². The van der Waals surface area contributed by atoms with Crippen molar-refractivity contribution in [2.45, 2.75) is 6.61 Å². The fourth-order valence-corrected chi connectivity index (χ4v) is 3.20. The van der Waals surface area contributed by atoms with Gasteiger partial charge in [-0.25, -0.2) is 4.79 Å². The molecule has 0 aliphatic heterocycles. The molecule has 3 rings (SSSR count). The summed E-state index contributed by atoms with van der Waals surface area (Å²) in [5, 5.41) is 24.1. The van der Waals surface area contributed by atoms with Gasteiger partial charge in [-0.3, -0.25) is 9.59 Å². The molecule has 0 aliphatic rings. The molecule has 0 aromatic heterocycles. The second kappa shape index (κ2) is 11.5. The molecule has 0 bridgehead atoms. The third-order valence-electron chi connectivity index (χ3n) is 5.02. The molecule has 0 atom stereocenters. The van der Waals surface area contributed by atoms with Gasteiger partial charge in [-0.1, -0.05) is 36.4 Å². The van der Waals surface area contributed by atoms with Gasteiger partial charge in [0.15, 0.2) is 0 Å². The van der Waals surface area contributed by atoms with Gasteiger partial charge in [0.25, 0.3) is 0 Å². The molecule has 0 saturated heterocycles. The molecule has 34 heavy (non-hydrogen) atoms. The van der Waals surface area contributed by atoms with E-state index in [1.807, 2.05) is 6.07 Å². The Balaban J connectivity index is 1.69. The van der Waals surface area contributed by atoms with Crippen molar-refractivity contribution in [3.05, 3.63) is 84.4 Å². The number of likely N-dealkylation sites (N-methyl/N-ethyl adjacent to an activating group) is 1. The number of rotatable bonds is 8. The highest BCUT2D eigenvalue weighted by molar-refractivity contribution is 6.05. The van der Waals surface area contributed by atoms with Crippen molar-refractivity contribution in [2.75, 3.05) is 35.3 Å². The average molecular weight is 463 g/mol. The van der Waals surface area contributed by atoms with Crippen LogP contribution >= 0.6 is 0 Å². The monoisotopic (exact) mass is 462 g/mol. The van der Waals surface area contributed by atoms with Gasteiger partial charge in [0.2, 0.25) is 11.8 Å². The number of anilines is 3. The third-order valence-corrected chi connectivity index (χ3v) is 5.02. The van der Waals surface area contributed by atoms with Gasteiger partial charge in [-0.2, -0.15) is 0 Å². The van der Waals surface area contributed by atoms with Crippen molar-refractivity contribution in [3.8, 4) is 5.75 Å². The normalized spacial score (nSPS) is 10.3. The van der Waals surface area contributed by atoms with Crippen LogP contribution in [0.3, 0.4) is 0 Å². The zero-order valence-electron chi connectivity index (χ0n) is 18.6. The fraction of sp³-hybridized carbons (Fsp3) is 0.160. The maximum atomic E-state index is 13.0. The quantitative estimate of drug-likeness (QED) is 0.410. The van der Waals surface area contributed by atoms with Crippen molar-refractivity contribution in [2.24, 2.45) is 0 Å². The van der Waals surface area contributed by atoms with E-state index < -0.39 is 11.9 Å². The zero-order chi connectivity index (χ0) is 24.5. The summed E-state index contributed by atoms with van der Waals surface area (Å²) in [7, 11) is 1.61. The Morgan fingerprint density at radius 3 is 2.26 bits per heavy atom. The summed E-state index contributed by atoms with van der Waals surface area (Å²) in [4.78, 5) is 40.8. The van der Waals surface area contributed by atoms with E-state index in [9.17, 15) is 24.6 Å². The highest BCUT2D eigenvalue weighted by Crippen LogP contribution is 2.21. The van der Waals surface area contributed by atoms with Crippen LogP contribution in [-0.2, 0) is 16.2 Å². The summed E-state index contributed by atoms with van der Waals surface area (Å²) in [6.45, 7) is -0.848. The van der Waals surface area contributed by atoms with Crippen molar-refractivity contribution < 1.29 is 24.6 Å². The van der Waals surface area contributed by atoms with Crippen molar-refractivity contribution >= 4 is 34.9 Å². The number of hydrogen-bond acceptors (Lipinski definition) is 5. The molecule has 3 aromatic carbocycles. The second-order valence-electron chi connectivity index (χ2n) is 7.45. The second-order valence-corrected chi connectivity index (χ2v) is 7.45. The van der Waals surface area contributed by atoms with E-state index in [0.29, 0.717) is 22.6 Å². The van der Waals surface area contributed by atoms with Crippen molar-refractivity contribution in [1.82, 2.24) is 5.32 Å². The van der Waals surface area contributed by atoms with Crippen LogP contribution in [0.5, 0.6) is 5.75 Å². The molecule has 0 unspecified atom stereocenters. The summed E-state index contributed by atoms with van der Waals surface area (Å²) >= 11 is 0. The number of hydrogen-bond donors (Lipinski definition) is 4. The maximum absolute atomic E-state index is 13.0. The maximum Gasteiger partial charge on any atom is 0.319 e. The number of amides is 4. The molecule has 4 N–H and O–H groups in total. The Bertz CT molecular complexity index is 1150. The summed E-state index contributed by atoms with van der Waals surface area (Å²) in [5.74, 6) is -0.957. The first kappa shape index (κ1) is 24.3. The van der Waals surface area contributed by atoms with Crippen molar-refractivity contribution in [1.29, 1.82) is 0 Å². The van der Waals surface area contributed by atoms with Crippen LogP contribution in [0.15, 0.2) is 78.9 Å². The first-order valence-corrected chi connectivity index (χ1v) is 10.5. The minimum atomic E-state index is -0.618. The van der Waals surface area contributed by atoms with Crippen molar-refractivity contribution in [3.63, 3.8) is 0 Å². The van der Waals surface area contributed by atoms with Crippen LogP contribution in [-0.4, -0.2) is 48.2 Å². The molecule has 0 aliphatic carbocycles. The van der Waals surface area contributed by atoms with E-state index in [4.69, 9.17) is 0 Å². The largest absolute Gasteiger partial charge is 0.508 e. The van der Waals surface area contributed by atoms with Gasteiger partial charge in [0.1, 0.15) is 12.3 Å². The summed E-state index contributed by atoms with van der Waals surface area (Å²) in [6, 6.07) is 21.0. The minimum absolute atomic E-state index is 0.0615. The Kier molecular flexibility index (Phi) is 8.20. The lowest BCUT2D eigenvalue weighted by atomic mass is 10.2. The number of nitrogens with zero attached hydrogens (tertiary/aromatic N) is 2. The molecule has 9 heteroatoms. The van der Waals surface area contributed by atoms with Crippen LogP contribution in [0.25, 0.3) is 0 Å². The SMILES string of the molecule is CN(C(=O)CN(C(=O)CNC(=O)Nc1cccc(CO)c1)c1cccc(O)c1)c1ccccc1. The predicted octanol–water partition coefficient (Wildman–Crippen LogP) is 2.70. The van der Waals surface area contributed by atoms with Gasteiger partial charge < -0.3 is 30.6 Å². The molecule has 3 aromatic rings. The highest BCUT2D eigenvalue weighted by Gasteiger charge is 2.22. The van der Waals surface area contributed by atoms with E-state index in [-0.39, 0.29) is 31.4 Å². The average Bonchev–Trinajstić information content (AvgIpc) is 2.85. The van der Waals surface area contributed by atoms with E-state index in [0.717, 1.165) is 0 Å². The number of carbonyl (C=O) groups is 3. The van der Waals surface area contributed by atoms with Gasteiger partial charge in [0, 0.05) is 30.2 Å². The van der Waals surface area contributed by atoms with Gasteiger partial charge >= 0.3 is 6.03 Å². The van der Waals surface area contributed by atoms with Crippen LogP contribution < -0.4 is 20.4 Å². The number of aliphatic hydroxyl groups is 1. The van der Waals surface area contributed by atoms with Crippen LogP contribution in [0.2, 0.25) is 0 Å². The molecular weight excluding hydrogens is 436 g/mol. The number of phenols is 1. The third kappa shape index (κ3) is 6.57. The first-order valence-electron chi connectivity index (χ1n) is 10.5. The molecule has 0 fully saturated rings.